The topological polar surface area (TPSA) is 52.6 Å². The second-order valence-electron chi connectivity index (χ2n) is 6.88. The Morgan fingerprint density at radius 1 is 1.17 bits per heavy atom. The van der Waals surface area contributed by atoms with Gasteiger partial charge in [-0.05, 0) is 31.4 Å². The van der Waals surface area contributed by atoms with Crippen LogP contribution in [0.25, 0.3) is 0 Å². The van der Waals surface area contributed by atoms with Gasteiger partial charge in [0.2, 0.25) is 11.9 Å². The van der Waals surface area contributed by atoms with E-state index in [1.54, 1.807) is 12.4 Å². The fourth-order valence-electron chi connectivity index (χ4n) is 3.71. The van der Waals surface area contributed by atoms with Gasteiger partial charge in [0.15, 0.2) is 0 Å². The average Bonchev–Trinajstić information content (AvgIpc) is 2.67. The molecule has 1 atom stereocenters. The van der Waals surface area contributed by atoms with Crippen LogP contribution >= 0.6 is 0 Å². The molecule has 1 amide bonds. The van der Waals surface area contributed by atoms with Crippen LogP contribution in [0.4, 0.5) is 5.95 Å². The van der Waals surface area contributed by atoms with Gasteiger partial charge in [0.05, 0.1) is 0 Å². The highest BCUT2D eigenvalue weighted by Crippen LogP contribution is 2.19. The highest BCUT2D eigenvalue weighted by Gasteiger charge is 2.24. The monoisotopic (exact) mass is 331 g/mol. The number of piperazine rings is 1. The number of piperidine rings is 1. The van der Waals surface area contributed by atoms with Crippen LogP contribution in [-0.2, 0) is 4.79 Å². The largest absolute Gasteiger partial charge is 0.339 e. The van der Waals surface area contributed by atoms with Crippen molar-refractivity contribution in [1.29, 1.82) is 0 Å². The highest BCUT2D eigenvalue weighted by atomic mass is 16.2. The maximum atomic E-state index is 12.5. The van der Waals surface area contributed by atoms with Gasteiger partial charge in [0, 0.05) is 58.1 Å². The van der Waals surface area contributed by atoms with Crippen molar-refractivity contribution in [1.82, 2.24) is 19.8 Å². The molecular weight excluding hydrogens is 302 g/mol. The highest BCUT2D eigenvalue weighted by molar-refractivity contribution is 5.76. The summed E-state index contributed by atoms with van der Waals surface area (Å²) in [5, 5.41) is 0. The molecule has 24 heavy (non-hydrogen) atoms. The zero-order chi connectivity index (χ0) is 16.8. The Morgan fingerprint density at radius 3 is 2.62 bits per heavy atom. The van der Waals surface area contributed by atoms with Gasteiger partial charge in [-0.15, -0.1) is 0 Å². The SMILES string of the molecule is CCC1CCCN(CCC(=O)N2CCN(c3ncccn3)CC2)C1. The van der Waals surface area contributed by atoms with Gasteiger partial charge in [0.25, 0.3) is 0 Å². The zero-order valence-corrected chi connectivity index (χ0v) is 14.7. The lowest BCUT2D eigenvalue weighted by molar-refractivity contribution is -0.131. The van der Waals surface area contributed by atoms with E-state index in [2.05, 4.69) is 26.7 Å². The summed E-state index contributed by atoms with van der Waals surface area (Å²) in [4.78, 5) is 27.7. The molecule has 0 radical (unpaired) electrons. The lowest BCUT2D eigenvalue weighted by Gasteiger charge is -2.36. The first-order valence-corrected chi connectivity index (χ1v) is 9.28. The summed E-state index contributed by atoms with van der Waals surface area (Å²) < 4.78 is 0. The number of hydrogen-bond donors (Lipinski definition) is 0. The molecule has 0 N–H and O–H groups in total. The molecular formula is C18H29N5O. The molecule has 0 aliphatic carbocycles. The Labute approximate surface area is 144 Å². The molecule has 132 valence electrons. The molecule has 2 aliphatic heterocycles. The molecule has 3 rings (SSSR count). The quantitative estimate of drug-likeness (QED) is 0.821. The van der Waals surface area contributed by atoms with Crippen LogP contribution in [0.1, 0.15) is 32.6 Å². The van der Waals surface area contributed by atoms with Crippen LogP contribution < -0.4 is 4.90 Å². The van der Waals surface area contributed by atoms with Gasteiger partial charge in [-0.1, -0.05) is 13.3 Å². The second-order valence-corrected chi connectivity index (χ2v) is 6.88. The lowest BCUT2D eigenvalue weighted by Crippen LogP contribution is -2.50. The smallest absolute Gasteiger partial charge is 0.225 e. The summed E-state index contributed by atoms with van der Waals surface area (Å²) in [7, 11) is 0. The Balaban J connectivity index is 1.41. The van der Waals surface area contributed by atoms with E-state index < -0.39 is 0 Å². The number of anilines is 1. The Bertz CT molecular complexity index is 515. The summed E-state index contributed by atoms with van der Waals surface area (Å²) >= 11 is 0. The van der Waals surface area contributed by atoms with E-state index >= 15 is 0 Å². The molecule has 0 aromatic carbocycles. The molecule has 2 fully saturated rings. The van der Waals surface area contributed by atoms with Crippen molar-refractivity contribution in [3.8, 4) is 0 Å². The van der Waals surface area contributed by atoms with Gasteiger partial charge >= 0.3 is 0 Å². The summed E-state index contributed by atoms with van der Waals surface area (Å²) in [6, 6.07) is 1.83. The predicted molar refractivity (Wildman–Crippen MR) is 94.9 cm³/mol. The Kier molecular flexibility index (Phi) is 6.01. The van der Waals surface area contributed by atoms with Crippen molar-refractivity contribution in [2.24, 2.45) is 5.92 Å². The summed E-state index contributed by atoms with van der Waals surface area (Å²) in [5.41, 5.74) is 0. The Hall–Kier alpha value is -1.69. The molecule has 0 bridgehead atoms. The van der Waals surface area contributed by atoms with Crippen LogP contribution in [0.2, 0.25) is 0 Å². The number of aromatic nitrogens is 2. The number of nitrogens with zero attached hydrogens (tertiary/aromatic N) is 5. The summed E-state index contributed by atoms with van der Waals surface area (Å²) in [6.45, 7) is 8.69. The molecule has 0 spiro atoms. The number of carbonyl (C=O) groups is 1. The van der Waals surface area contributed by atoms with E-state index in [1.165, 1.54) is 25.8 Å². The van der Waals surface area contributed by atoms with E-state index in [4.69, 9.17) is 0 Å². The fourth-order valence-corrected chi connectivity index (χ4v) is 3.71. The average molecular weight is 331 g/mol. The molecule has 2 aliphatic rings. The molecule has 2 saturated heterocycles. The van der Waals surface area contributed by atoms with Crippen molar-refractivity contribution in [2.45, 2.75) is 32.6 Å². The van der Waals surface area contributed by atoms with E-state index in [1.807, 2.05) is 11.0 Å². The van der Waals surface area contributed by atoms with Crippen molar-refractivity contribution >= 4 is 11.9 Å². The van der Waals surface area contributed by atoms with Gasteiger partial charge in [-0.3, -0.25) is 4.79 Å². The van der Waals surface area contributed by atoms with Crippen LogP contribution in [-0.4, -0.2) is 71.5 Å². The molecule has 6 nitrogen and oxygen atoms in total. The van der Waals surface area contributed by atoms with Crippen LogP contribution in [0, 0.1) is 5.92 Å². The van der Waals surface area contributed by atoms with E-state index in [-0.39, 0.29) is 0 Å². The molecule has 0 saturated carbocycles. The number of hydrogen-bond acceptors (Lipinski definition) is 5. The molecule has 1 aromatic heterocycles. The van der Waals surface area contributed by atoms with E-state index in [0.717, 1.165) is 51.1 Å². The lowest BCUT2D eigenvalue weighted by atomic mass is 9.95. The van der Waals surface area contributed by atoms with Crippen molar-refractivity contribution in [3.05, 3.63) is 18.5 Å². The second kappa shape index (κ2) is 8.42. The fraction of sp³-hybridized carbons (Fsp3) is 0.722. The maximum Gasteiger partial charge on any atom is 0.225 e. The first-order chi connectivity index (χ1) is 11.8. The number of carbonyl (C=O) groups excluding carboxylic acids is 1. The maximum absolute atomic E-state index is 12.5. The number of likely N-dealkylation sites (tertiary alicyclic amines) is 1. The van der Waals surface area contributed by atoms with Gasteiger partial charge in [0.1, 0.15) is 0 Å². The van der Waals surface area contributed by atoms with E-state index in [0.29, 0.717) is 12.3 Å². The third-order valence-electron chi connectivity index (χ3n) is 5.29. The summed E-state index contributed by atoms with van der Waals surface area (Å²) in [5.74, 6) is 1.88. The Morgan fingerprint density at radius 2 is 1.92 bits per heavy atom. The minimum Gasteiger partial charge on any atom is -0.339 e. The van der Waals surface area contributed by atoms with Crippen molar-refractivity contribution < 1.29 is 4.79 Å². The minimum absolute atomic E-state index is 0.294. The third kappa shape index (κ3) is 4.44. The molecule has 1 unspecified atom stereocenters. The van der Waals surface area contributed by atoms with Gasteiger partial charge in [-0.25, -0.2) is 9.97 Å². The van der Waals surface area contributed by atoms with Crippen LogP contribution in [0.15, 0.2) is 18.5 Å². The molecule has 6 heteroatoms. The zero-order valence-electron chi connectivity index (χ0n) is 14.7. The van der Waals surface area contributed by atoms with Crippen LogP contribution in [0.3, 0.4) is 0 Å². The number of amides is 1. The summed E-state index contributed by atoms with van der Waals surface area (Å²) in [6.07, 6.45) is 8.07. The van der Waals surface area contributed by atoms with Crippen LogP contribution in [0.5, 0.6) is 0 Å². The minimum atomic E-state index is 0.294. The predicted octanol–water partition coefficient (Wildman–Crippen LogP) is 1.64. The van der Waals surface area contributed by atoms with Crippen molar-refractivity contribution in [2.75, 3.05) is 50.7 Å². The van der Waals surface area contributed by atoms with Crippen molar-refractivity contribution in [3.63, 3.8) is 0 Å². The first-order valence-electron chi connectivity index (χ1n) is 9.28. The molecule has 3 heterocycles. The normalized spacial score (nSPS) is 22.6. The first kappa shape index (κ1) is 17.1. The third-order valence-corrected chi connectivity index (χ3v) is 5.29. The number of rotatable bonds is 5. The molecule has 1 aromatic rings. The van der Waals surface area contributed by atoms with Gasteiger partial charge in [-0.2, -0.15) is 0 Å². The van der Waals surface area contributed by atoms with E-state index in [9.17, 15) is 4.79 Å². The standard InChI is InChI=1S/C18H29N5O/c1-2-16-5-3-9-21(15-16)10-6-17(24)22-11-13-23(14-12-22)18-19-7-4-8-20-18/h4,7-8,16H,2-3,5-6,9-15H2,1H3. The van der Waals surface area contributed by atoms with Gasteiger partial charge < -0.3 is 14.7 Å².